The smallest absolute Gasteiger partial charge is 0.176 e. The zero-order valence-electron chi connectivity index (χ0n) is 7.18. The van der Waals surface area contributed by atoms with Crippen LogP contribution in [0.2, 0.25) is 0 Å². The molecule has 0 aliphatic rings. The largest absolute Gasteiger partial charge is 0.258 e. The van der Waals surface area contributed by atoms with Crippen molar-refractivity contribution < 1.29 is 0 Å². The van der Waals surface area contributed by atoms with E-state index in [9.17, 15) is 0 Å². The Morgan fingerprint density at radius 2 is 2.07 bits per heavy atom. The Bertz CT molecular complexity index is 460. The molecular weight excluding hydrogens is 232 g/mol. The molecule has 1 aromatic carbocycles. The Balaban J connectivity index is 2.33. The Hall–Kier alpha value is -0.650. The summed E-state index contributed by atoms with van der Waals surface area (Å²) in [7, 11) is 0. The van der Waals surface area contributed by atoms with E-state index >= 15 is 0 Å². The van der Waals surface area contributed by atoms with Crippen LogP contribution in [0.15, 0.2) is 30.3 Å². The summed E-state index contributed by atoms with van der Waals surface area (Å²) >= 11 is 10.9. The molecule has 0 aliphatic carbocycles. The van der Waals surface area contributed by atoms with Gasteiger partial charge in [-0.15, -0.1) is 0 Å². The number of nitrogens with zero attached hydrogens (tertiary/aromatic N) is 1. The van der Waals surface area contributed by atoms with E-state index < -0.39 is 0 Å². The number of benzene rings is 1. The van der Waals surface area contributed by atoms with E-state index in [1.807, 2.05) is 30.3 Å². The molecule has 0 fully saturated rings. The lowest BCUT2D eigenvalue weighted by Gasteiger charge is -2.05. The maximum absolute atomic E-state index is 4.97. The molecule has 1 aromatic heterocycles. The monoisotopic (exact) mass is 240 g/mol. The summed E-state index contributed by atoms with van der Waals surface area (Å²) in [4.78, 5) is 0. The lowest BCUT2D eigenvalue weighted by molar-refractivity contribution is 0.989. The van der Waals surface area contributed by atoms with Crippen molar-refractivity contribution in [2.45, 2.75) is 5.25 Å². The van der Waals surface area contributed by atoms with Crippen LogP contribution in [0.25, 0.3) is 0 Å². The van der Waals surface area contributed by atoms with Crippen molar-refractivity contribution >= 4 is 36.2 Å². The second-order valence-electron chi connectivity index (χ2n) is 2.76. The molecule has 0 saturated heterocycles. The highest BCUT2D eigenvalue weighted by Gasteiger charge is 2.11. The third-order valence-electron chi connectivity index (χ3n) is 1.80. The van der Waals surface area contributed by atoms with Crippen molar-refractivity contribution in [3.8, 4) is 0 Å². The fourth-order valence-electron chi connectivity index (χ4n) is 1.14. The molecule has 1 heterocycles. The van der Waals surface area contributed by atoms with Crippen molar-refractivity contribution in [3.63, 3.8) is 0 Å². The number of nitrogens with one attached hydrogen (secondary N) is 1. The highest BCUT2D eigenvalue weighted by Crippen LogP contribution is 2.28. The number of rotatable bonds is 2. The van der Waals surface area contributed by atoms with Crippen LogP contribution in [0.5, 0.6) is 0 Å². The normalized spacial score (nSPS) is 12.6. The van der Waals surface area contributed by atoms with Crippen LogP contribution < -0.4 is 0 Å². The molecule has 5 heteroatoms. The molecule has 0 bridgehead atoms. The lowest BCUT2D eigenvalue weighted by atomic mass is 10.1. The Labute approximate surface area is 96.4 Å². The fourth-order valence-corrected chi connectivity index (χ4v) is 2.45. The number of aromatic amines is 1. The van der Waals surface area contributed by atoms with Crippen LogP contribution in [-0.2, 0) is 0 Å². The first-order valence-electron chi connectivity index (χ1n) is 4.06. The third kappa shape index (κ3) is 2.05. The van der Waals surface area contributed by atoms with Crippen molar-refractivity contribution in [1.29, 1.82) is 0 Å². The number of aromatic nitrogens is 2. The molecule has 1 unspecified atom stereocenters. The van der Waals surface area contributed by atoms with Crippen molar-refractivity contribution in [2.75, 3.05) is 0 Å². The first-order valence-corrected chi connectivity index (χ1v) is 5.80. The summed E-state index contributed by atoms with van der Waals surface area (Å²) < 4.78 is 0.690. The molecule has 0 amide bonds. The van der Waals surface area contributed by atoms with Gasteiger partial charge in [0.15, 0.2) is 3.95 Å². The number of hydrogen-bond donors (Lipinski definition) is 2. The van der Waals surface area contributed by atoms with E-state index in [-0.39, 0.29) is 5.25 Å². The topological polar surface area (TPSA) is 28.7 Å². The Morgan fingerprint density at radius 1 is 1.36 bits per heavy atom. The number of thiol groups is 1. The predicted octanol–water partition coefficient (Wildman–Crippen LogP) is 3.22. The summed E-state index contributed by atoms with van der Waals surface area (Å²) in [6, 6.07) is 10.0. The van der Waals surface area contributed by atoms with Gasteiger partial charge in [0.1, 0.15) is 5.01 Å². The van der Waals surface area contributed by atoms with Gasteiger partial charge in [0.25, 0.3) is 0 Å². The van der Waals surface area contributed by atoms with Gasteiger partial charge < -0.3 is 0 Å². The molecule has 72 valence electrons. The quantitative estimate of drug-likeness (QED) is 0.623. The zero-order valence-corrected chi connectivity index (χ0v) is 9.70. The van der Waals surface area contributed by atoms with E-state index in [0.717, 1.165) is 10.6 Å². The summed E-state index contributed by atoms with van der Waals surface area (Å²) in [5.41, 5.74) is 1.13. The van der Waals surface area contributed by atoms with Crippen molar-refractivity contribution in [2.24, 2.45) is 0 Å². The second-order valence-corrected chi connectivity index (χ2v) is 4.98. The minimum Gasteiger partial charge on any atom is -0.258 e. The van der Waals surface area contributed by atoms with Gasteiger partial charge >= 0.3 is 0 Å². The van der Waals surface area contributed by atoms with Crippen LogP contribution in [0.4, 0.5) is 0 Å². The minimum absolute atomic E-state index is 0.00847. The van der Waals surface area contributed by atoms with Crippen LogP contribution in [0.1, 0.15) is 15.8 Å². The molecule has 0 saturated carbocycles. The predicted molar refractivity (Wildman–Crippen MR) is 64.6 cm³/mol. The molecular formula is C9H8N2S3. The van der Waals surface area contributed by atoms with Gasteiger partial charge in [-0.3, -0.25) is 5.10 Å². The summed E-state index contributed by atoms with van der Waals surface area (Å²) in [5, 5.41) is 7.77. The van der Waals surface area contributed by atoms with E-state index in [0.29, 0.717) is 3.95 Å². The van der Waals surface area contributed by atoms with Gasteiger partial charge in [0, 0.05) is 0 Å². The average Bonchev–Trinajstić information content (AvgIpc) is 2.65. The van der Waals surface area contributed by atoms with Crippen molar-refractivity contribution in [1.82, 2.24) is 10.2 Å². The number of H-pyrrole nitrogens is 1. The summed E-state index contributed by atoms with van der Waals surface area (Å²) in [5.74, 6) is 0. The zero-order chi connectivity index (χ0) is 9.97. The van der Waals surface area contributed by atoms with Crippen LogP contribution in [-0.4, -0.2) is 10.2 Å². The summed E-state index contributed by atoms with van der Waals surface area (Å²) in [6.07, 6.45) is 0. The minimum atomic E-state index is 0.00847. The molecule has 2 rings (SSSR count). The molecule has 14 heavy (non-hydrogen) atoms. The fraction of sp³-hybridized carbons (Fsp3) is 0.111. The van der Waals surface area contributed by atoms with Gasteiger partial charge in [-0.1, -0.05) is 41.7 Å². The standard InChI is InChI=1S/C9H8N2S3/c12-7(6-4-2-1-3-5-6)8-10-11-9(13)14-8/h1-5,7,12H,(H,11,13). The van der Waals surface area contributed by atoms with Crippen molar-refractivity contribution in [3.05, 3.63) is 44.9 Å². The molecule has 0 radical (unpaired) electrons. The first kappa shape index (κ1) is 9.89. The van der Waals surface area contributed by atoms with E-state index in [4.69, 9.17) is 12.2 Å². The molecule has 0 spiro atoms. The summed E-state index contributed by atoms with van der Waals surface area (Å²) in [6.45, 7) is 0. The van der Waals surface area contributed by atoms with Gasteiger partial charge in [-0.05, 0) is 17.8 Å². The molecule has 0 aliphatic heterocycles. The molecule has 2 aromatic rings. The Kier molecular flexibility index (Phi) is 3.00. The van der Waals surface area contributed by atoms with Crippen LogP contribution in [0.3, 0.4) is 0 Å². The molecule has 2 nitrogen and oxygen atoms in total. The van der Waals surface area contributed by atoms with E-state index in [2.05, 4.69) is 22.8 Å². The third-order valence-corrected chi connectivity index (χ3v) is 3.68. The second kappa shape index (κ2) is 4.25. The van der Waals surface area contributed by atoms with Gasteiger partial charge in [0.05, 0.1) is 5.25 Å². The highest BCUT2D eigenvalue weighted by atomic mass is 32.1. The first-order chi connectivity index (χ1) is 6.77. The Morgan fingerprint density at radius 3 is 2.64 bits per heavy atom. The van der Waals surface area contributed by atoms with Gasteiger partial charge in [-0.2, -0.15) is 17.7 Å². The van der Waals surface area contributed by atoms with Gasteiger partial charge in [-0.25, -0.2) is 0 Å². The lowest BCUT2D eigenvalue weighted by Crippen LogP contribution is -1.91. The van der Waals surface area contributed by atoms with E-state index in [1.165, 1.54) is 11.3 Å². The SMILES string of the molecule is S=c1[nH]nc(C(S)c2ccccc2)s1. The highest BCUT2D eigenvalue weighted by molar-refractivity contribution is 7.81. The molecule has 1 atom stereocenters. The maximum Gasteiger partial charge on any atom is 0.176 e. The van der Waals surface area contributed by atoms with Crippen LogP contribution >= 0.6 is 36.2 Å². The number of hydrogen-bond acceptors (Lipinski definition) is 4. The maximum atomic E-state index is 4.97. The average molecular weight is 240 g/mol. The van der Waals surface area contributed by atoms with E-state index in [1.54, 1.807) is 0 Å². The van der Waals surface area contributed by atoms with Crippen LogP contribution in [0, 0.1) is 3.95 Å². The van der Waals surface area contributed by atoms with Gasteiger partial charge in [0.2, 0.25) is 0 Å². The molecule has 1 N–H and O–H groups in total.